The van der Waals surface area contributed by atoms with Gasteiger partial charge >= 0.3 is 5.97 Å². The summed E-state index contributed by atoms with van der Waals surface area (Å²) in [5.41, 5.74) is 2.51. The zero-order valence-corrected chi connectivity index (χ0v) is 9.17. The number of nitrogens with zero attached hydrogens (tertiary/aromatic N) is 1. The predicted octanol–water partition coefficient (Wildman–Crippen LogP) is 2.96. The largest absolute Gasteiger partial charge is 0.476 e. The van der Waals surface area contributed by atoms with Gasteiger partial charge in [-0.25, -0.2) is 9.78 Å². The number of carbonyl (C=O) groups is 1. The maximum Gasteiger partial charge on any atom is 0.355 e. The first-order chi connectivity index (χ1) is 7.18. The monoisotopic (exact) mass is 221 g/mol. The van der Waals surface area contributed by atoms with Gasteiger partial charge in [-0.3, -0.25) is 0 Å². The molecule has 3 nitrogen and oxygen atoms in total. The van der Waals surface area contributed by atoms with Crippen LogP contribution in [-0.4, -0.2) is 16.1 Å². The number of hydrogen-bond donors (Lipinski definition) is 1. The lowest BCUT2D eigenvalue weighted by Gasteiger charge is -2.09. The molecular weight excluding hydrogens is 210 g/mol. The molecule has 78 valence electrons. The Kier molecular flexibility index (Phi) is 2.68. The molecule has 0 radical (unpaired) electrons. The molecule has 1 N–H and O–H groups in total. The van der Waals surface area contributed by atoms with E-state index in [-0.39, 0.29) is 5.69 Å². The second-order valence-electron chi connectivity index (χ2n) is 3.45. The Morgan fingerprint density at radius 3 is 3.00 bits per heavy atom. The topological polar surface area (TPSA) is 50.2 Å². The van der Waals surface area contributed by atoms with Crippen LogP contribution in [0.1, 0.15) is 35.3 Å². The highest BCUT2D eigenvalue weighted by atomic mass is 32.1. The van der Waals surface area contributed by atoms with Crippen LogP contribution < -0.4 is 0 Å². The molecule has 0 spiro atoms. The Morgan fingerprint density at radius 1 is 1.60 bits per heavy atom. The predicted molar refractivity (Wildman–Crippen MR) is 60.0 cm³/mol. The van der Waals surface area contributed by atoms with Crippen molar-refractivity contribution in [2.24, 2.45) is 0 Å². The van der Waals surface area contributed by atoms with Crippen molar-refractivity contribution in [1.29, 1.82) is 0 Å². The molecule has 15 heavy (non-hydrogen) atoms. The van der Waals surface area contributed by atoms with Gasteiger partial charge in [0.05, 0.1) is 0 Å². The van der Waals surface area contributed by atoms with E-state index in [9.17, 15) is 4.79 Å². The van der Waals surface area contributed by atoms with Crippen LogP contribution in [0.5, 0.6) is 0 Å². The Balaban J connectivity index is 2.37. The summed E-state index contributed by atoms with van der Waals surface area (Å²) in [6.45, 7) is 2.03. The molecule has 1 aliphatic rings. The van der Waals surface area contributed by atoms with Gasteiger partial charge in [0, 0.05) is 5.38 Å². The molecule has 0 unspecified atom stereocenters. The highest BCUT2D eigenvalue weighted by Crippen LogP contribution is 2.30. The van der Waals surface area contributed by atoms with Crippen molar-refractivity contribution in [2.75, 3.05) is 0 Å². The number of aromatic carboxylic acids is 1. The highest BCUT2D eigenvalue weighted by Gasteiger charge is 2.14. The summed E-state index contributed by atoms with van der Waals surface area (Å²) in [4.78, 5) is 14.8. The zero-order chi connectivity index (χ0) is 10.8. The van der Waals surface area contributed by atoms with Gasteiger partial charge in [0.2, 0.25) is 0 Å². The standard InChI is InChI=1S/C11H11NO2S/c1-7-4-2-3-5-8(7)10-12-9(6-15-10)11(13)14/h2,4,6H,3,5H2,1H3,(H,13,14). The van der Waals surface area contributed by atoms with E-state index in [2.05, 4.69) is 17.1 Å². The summed E-state index contributed by atoms with van der Waals surface area (Å²) in [6.07, 6.45) is 6.16. The lowest BCUT2D eigenvalue weighted by atomic mass is 9.99. The molecule has 0 amide bonds. The number of thiazole rings is 1. The van der Waals surface area contributed by atoms with Crippen LogP contribution in [0.4, 0.5) is 0 Å². The number of aromatic nitrogens is 1. The van der Waals surface area contributed by atoms with Crippen molar-refractivity contribution in [3.63, 3.8) is 0 Å². The Hall–Kier alpha value is -1.42. The van der Waals surface area contributed by atoms with E-state index in [1.807, 2.05) is 6.92 Å². The van der Waals surface area contributed by atoms with E-state index >= 15 is 0 Å². The van der Waals surface area contributed by atoms with Gasteiger partial charge in [-0.15, -0.1) is 11.3 Å². The normalized spacial score (nSPS) is 15.8. The third-order valence-electron chi connectivity index (χ3n) is 2.39. The van der Waals surface area contributed by atoms with Gasteiger partial charge in [-0.1, -0.05) is 12.2 Å². The Morgan fingerprint density at radius 2 is 2.40 bits per heavy atom. The van der Waals surface area contributed by atoms with Crippen molar-refractivity contribution in [2.45, 2.75) is 19.8 Å². The minimum absolute atomic E-state index is 0.143. The van der Waals surface area contributed by atoms with E-state index in [4.69, 9.17) is 5.11 Å². The quantitative estimate of drug-likeness (QED) is 0.835. The first kappa shape index (κ1) is 10.1. The third kappa shape index (κ3) is 1.99. The van der Waals surface area contributed by atoms with Crippen LogP contribution in [-0.2, 0) is 0 Å². The van der Waals surface area contributed by atoms with Crippen LogP contribution in [0.2, 0.25) is 0 Å². The molecule has 0 saturated carbocycles. The smallest absolute Gasteiger partial charge is 0.355 e. The Labute approximate surface area is 91.8 Å². The lowest BCUT2D eigenvalue weighted by molar-refractivity contribution is 0.0691. The van der Waals surface area contributed by atoms with Crippen molar-refractivity contribution < 1.29 is 9.90 Å². The second-order valence-corrected chi connectivity index (χ2v) is 4.30. The summed E-state index contributed by atoms with van der Waals surface area (Å²) in [6, 6.07) is 0. The average molecular weight is 221 g/mol. The van der Waals surface area contributed by atoms with Crippen LogP contribution in [0, 0.1) is 0 Å². The van der Waals surface area contributed by atoms with E-state index in [0.29, 0.717) is 0 Å². The maximum absolute atomic E-state index is 10.7. The first-order valence-corrected chi connectivity index (χ1v) is 5.62. The fourth-order valence-corrected chi connectivity index (χ4v) is 2.50. The fraction of sp³-hybridized carbons (Fsp3) is 0.273. The molecule has 1 aliphatic carbocycles. The van der Waals surface area contributed by atoms with Crippen molar-refractivity contribution >= 4 is 22.9 Å². The first-order valence-electron chi connectivity index (χ1n) is 4.74. The minimum Gasteiger partial charge on any atom is -0.476 e. The third-order valence-corrected chi connectivity index (χ3v) is 3.29. The van der Waals surface area contributed by atoms with Crippen LogP contribution in [0.15, 0.2) is 23.1 Å². The summed E-state index contributed by atoms with van der Waals surface area (Å²) in [7, 11) is 0. The van der Waals surface area contributed by atoms with E-state index in [1.165, 1.54) is 22.5 Å². The number of allylic oxidation sites excluding steroid dienone is 4. The molecule has 0 bridgehead atoms. The molecule has 1 aromatic heterocycles. The molecule has 1 aromatic rings. The van der Waals surface area contributed by atoms with Gasteiger partial charge in [0.15, 0.2) is 5.69 Å². The molecule has 0 aliphatic heterocycles. The molecular formula is C11H11NO2S. The lowest BCUT2D eigenvalue weighted by Crippen LogP contribution is -1.97. The van der Waals surface area contributed by atoms with Gasteiger partial charge in [0.25, 0.3) is 0 Å². The minimum atomic E-state index is -0.956. The highest BCUT2D eigenvalue weighted by molar-refractivity contribution is 7.11. The number of carboxylic acids is 1. The van der Waals surface area contributed by atoms with Crippen molar-refractivity contribution in [3.8, 4) is 0 Å². The van der Waals surface area contributed by atoms with Crippen molar-refractivity contribution in [3.05, 3.63) is 33.8 Å². The summed E-state index contributed by atoms with van der Waals surface area (Å²) in [5, 5.41) is 11.2. The summed E-state index contributed by atoms with van der Waals surface area (Å²) >= 11 is 1.40. The molecule has 4 heteroatoms. The average Bonchev–Trinajstić information content (AvgIpc) is 2.67. The van der Waals surface area contributed by atoms with E-state index < -0.39 is 5.97 Å². The number of hydrogen-bond acceptors (Lipinski definition) is 3. The van der Waals surface area contributed by atoms with Crippen LogP contribution >= 0.6 is 11.3 Å². The van der Waals surface area contributed by atoms with Crippen LogP contribution in [0.25, 0.3) is 5.57 Å². The van der Waals surface area contributed by atoms with E-state index in [1.54, 1.807) is 5.38 Å². The van der Waals surface area contributed by atoms with Gasteiger partial charge in [-0.05, 0) is 30.9 Å². The zero-order valence-electron chi connectivity index (χ0n) is 8.36. The SMILES string of the molecule is CC1=C(c2nc(C(=O)O)cs2)CCC=C1. The summed E-state index contributed by atoms with van der Waals surface area (Å²) < 4.78 is 0. The maximum atomic E-state index is 10.7. The fourth-order valence-electron chi connectivity index (χ4n) is 1.57. The van der Waals surface area contributed by atoms with E-state index in [0.717, 1.165) is 17.8 Å². The van der Waals surface area contributed by atoms with Crippen LogP contribution in [0.3, 0.4) is 0 Å². The van der Waals surface area contributed by atoms with Gasteiger partial charge in [0.1, 0.15) is 5.01 Å². The Bertz CT molecular complexity index is 457. The molecule has 2 rings (SSSR count). The van der Waals surface area contributed by atoms with Gasteiger partial charge < -0.3 is 5.11 Å². The number of carboxylic acid groups (broad SMARTS) is 1. The molecule has 0 fully saturated rings. The van der Waals surface area contributed by atoms with Crippen molar-refractivity contribution in [1.82, 2.24) is 4.98 Å². The molecule has 0 aromatic carbocycles. The molecule has 0 saturated heterocycles. The second kappa shape index (κ2) is 3.98. The molecule has 0 atom stereocenters. The van der Waals surface area contributed by atoms with Gasteiger partial charge in [-0.2, -0.15) is 0 Å². The number of rotatable bonds is 2. The molecule has 1 heterocycles. The summed E-state index contributed by atoms with van der Waals surface area (Å²) in [5.74, 6) is -0.956.